The quantitative estimate of drug-likeness (QED) is 0.621. The second-order valence-corrected chi connectivity index (χ2v) is 8.11. The van der Waals surface area contributed by atoms with Crippen LogP contribution in [0.5, 0.6) is 0 Å². The first-order chi connectivity index (χ1) is 14.3. The van der Waals surface area contributed by atoms with Gasteiger partial charge in [0.15, 0.2) is 5.69 Å². The third-order valence-corrected chi connectivity index (χ3v) is 5.68. The lowest BCUT2D eigenvalue weighted by Gasteiger charge is -2.32. The minimum absolute atomic E-state index is 0.268. The van der Waals surface area contributed by atoms with Crippen LogP contribution in [0, 0.1) is 13.8 Å². The van der Waals surface area contributed by atoms with Crippen molar-refractivity contribution in [2.75, 3.05) is 38.0 Å². The number of aryl methyl sites for hydroxylation is 2. The maximum atomic E-state index is 12.9. The fourth-order valence-electron chi connectivity index (χ4n) is 4.13. The van der Waals surface area contributed by atoms with Gasteiger partial charge in [0.1, 0.15) is 5.69 Å². The van der Waals surface area contributed by atoms with Crippen LogP contribution in [0.4, 0.5) is 11.4 Å². The van der Waals surface area contributed by atoms with Crippen molar-refractivity contribution in [2.45, 2.75) is 19.4 Å². The molecule has 6 heteroatoms. The molecule has 2 heterocycles. The second-order valence-electron chi connectivity index (χ2n) is 8.11. The summed E-state index contributed by atoms with van der Waals surface area (Å²) >= 11 is 0. The number of hydrogen-bond donors (Lipinski definition) is 0. The fraction of sp³-hybridized carbons (Fsp3) is 0.292. The third kappa shape index (κ3) is 2.91. The summed E-state index contributed by atoms with van der Waals surface area (Å²) in [5.74, 6) is -0.453. The standard InChI is InChI=1S/C24H26N4O2/c1-15-13-17(27(3)4)7-9-19(15)24(20-10-8-18(28(5)6)14-16(20)2)22-21(23(29)30-24)25-11-12-26-22/h7-14H,1-6H3. The molecule has 4 rings (SSSR count). The molecule has 6 nitrogen and oxygen atoms in total. The van der Waals surface area contributed by atoms with E-state index in [-0.39, 0.29) is 5.69 Å². The number of hydrogen-bond acceptors (Lipinski definition) is 6. The number of ether oxygens (including phenoxy) is 1. The number of esters is 1. The fourth-order valence-corrected chi connectivity index (χ4v) is 4.13. The summed E-state index contributed by atoms with van der Waals surface area (Å²) in [4.78, 5) is 25.8. The largest absolute Gasteiger partial charge is 0.438 e. The number of anilines is 2. The lowest BCUT2D eigenvalue weighted by Crippen LogP contribution is -2.32. The van der Waals surface area contributed by atoms with E-state index in [0.717, 1.165) is 33.6 Å². The Morgan fingerprint density at radius 2 is 1.30 bits per heavy atom. The van der Waals surface area contributed by atoms with Crippen LogP contribution in [0.1, 0.15) is 38.4 Å². The van der Waals surface area contributed by atoms with Crippen molar-refractivity contribution < 1.29 is 9.53 Å². The summed E-state index contributed by atoms with van der Waals surface area (Å²) < 4.78 is 6.16. The molecule has 0 amide bonds. The predicted molar refractivity (Wildman–Crippen MR) is 118 cm³/mol. The van der Waals surface area contributed by atoms with Gasteiger partial charge in [-0.05, 0) is 49.2 Å². The molecule has 0 fully saturated rings. The first kappa shape index (κ1) is 19.9. The number of fused-ring (bicyclic) bond motifs is 1. The van der Waals surface area contributed by atoms with E-state index in [4.69, 9.17) is 4.74 Å². The van der Waals surface area contributed by atoms with E-state index in [1.165, 1.54) is 6.20 Å². The van der Waals surface area contributed by atoms with Crippen LogP contribution in [0.25, 0.3) is 0 Å². The van der Waals surface area contributed by atoms with Gasteiger partial charge >= 0.3 is 5.97 Å². The molecule has 154 valence electrons. The lowest BCUT2D eigenvalue weighted by molar-refractivity contribution is 0.0237. The molecular weight excluding hydrogens is 376 g/mol. The molecule has 0 spiro atoms. The van der Waals surface area contributed by atoms with Gasteiger partial charge in [-0.15, -0.1) is 0 Å². The molecule has 3 aromatic rings. The zero-order valence-corrected chi connectivity index (χ0v) is 18.2. The molecular formula is C24H26N4O2. The Labute approximate surface area is 177 Å². The molecule has 30 heavy (non-hydrogen) atoms. The molecule has 0 aliphatic carbocycles. The molecule has 2 aromatic carbocycles. The number of carbonyl (C=O) groups is 1. The first-order valence-corrected chi connectivity index (χ1v) is 9.87. The Kier molecular flexibility index (Phi) is 4.73. The van der Waals surface area contributed by atoms with Crippen molar-refractivity contribution in [3.63, 3.8) is 0 Å². The van der Waals surface area contributed by atoms with Gasteiger partial charge in [0.25, 0.3) is 0 Å². The number of rotatable bonds is 4. The highest BCUT2D eigenvalue weighted by atomic mass is 16.6. The maximum Gasteiger partial charge on any atom is 0.360 e. The summed E-state index contributed by atoms with van der Waals surface area (Å²) in [6.07, 6.45) is 3.14. The van der Waals surface area contributed by atoms with Gasteiger partial charge in [0, 0.05) is 63.1 Å². The van der Waals surface area contributed by atoms with E-state index >= 15 is 0 Å². The Bertz CT molecular complexity index is 1080. The van der Waals surface area contributed by atoms with E-state index in [2.05, 4.69) is 31.9 Å². The Balaban J connectivity index is 2.03. The van der Waals surface area contributed by atoms with E-state index < -0.39 is 11.6 Å². The predicted octanol–water partition coefficient (Wildman–Crippen LogP) is 3.69. The molecule has 1 aliphatic heterocycles. The van der Waals surface area contributed by atoms with Crippen molar-refractivity contribution in [3.8, 4) is 0 Å². The van der Waals surface area contributed by atoms with Crippen molar-refractivity contribution in [3.05, 3.63) is 82.4 Å². The summed E-state index contributed by atoms with van der Waals surface area (Å²) in [6.45, 7) is 4.08. The van der Waals surface area contributed by atoms with Crippen LogP contribution in [0.15, 0.2) is 48.8 Å². The summed E-state index contributed by atoms with van der Waals surface area (Å²) in [7, 11) is 8.02. The molecule has 1 aliphatic rings. The zero-order chi connectivity index (χ0) is 21.6. The molecule has 0 bridgehead atoms. The molecule has 0 radical (unpaired) electrons. The minimum atomic E-state index is -1.13. The number of cyclic esters (lactones) is 1. The molecule has 0 atom stereocenters. The Morgan fingerprint density at radius 3 is 1.77 bits per heavy atom. The van der Waals surface area contributed by atoms with E-state index in [1.807, 2.05) is 66.3 Å². The minimum Gasteiger partial charge on any atom is -0.438 e. The van der Waals surface area contributed by atoms with Gasteiger partial charge in [-0.2, -0.15) is 0 Å². The first-order valence-electron chi connectivity index (χ1n) is 9.87. The van der Waals surface area contributed by atoms with Gasteiger partial charge < -0.3 is 14.5 Å². The lowest BCUT2D eigenvalue weighted by atomic mass is 9.79. The van der Waals surface area contributed by atoms with Crippen molar-refractivity contribution in [1.82, 2.24) is 9.97 Å². The van der Waals surface area contributed by atoms with Crippen LogP contribution >= 0.6 is 0 Å². The average molecular weight is 402 g/mol. The smallest absolute Gasteiger partial charge is 0.360 e. The average Bonchev–Trinajstić information content (AvgIpc) is 3.01. The zero-order valence-electron chi connectivity index (χ0n) is 18.2. The van der Waals surface area contributed by atoms with Crippen molar-refractivity contribution in [1.29, 1.82) is 0 Å². The number of benzene rings is 2. The topological polar surface area (TPSA) is 58.6 Å². The van der Waals surface area contributed by atoms with Gasteiger partial charge in [-0.1, -0.05) is 12.1 Å². The Hall–Kier alpha value is -3.41. The third-order valence-electron chi connectivity index (χ3n) is 5.68. The molecule has 0 N–H and O–H groups in total. The number of carbonyl (C=O) groups excluding carboxylic acids is 1. The van der Waals surface area contributed by atoms with Crippen LogP contribution in [0.3, 0.4) is 0 Å². The monoisotopic (exact) mass is 402 g/mol. The maximum absolute atomic E-state index is 12.9. The Morgan fingerprint density at radius 1 is 0.800 bits per heavy atom. The van der Waals surface area contributed by atoms with Gasteiger partial charge in [0.2, 0.25) is 5.60 Å². The summed E-state index contributed by atoms with van der Waals surface area (Å²) in [6, 6.07) is 12.3. The van der Waals surface area contributed by atoms with Crippen LogP contribution in [-0.4, -0.2) is 44.1 Å². The number of aromatic nitrogens is 2. The highest BCUT2D eigenvalue weighted by Crippen LogP contribution is 2.48. The second kappa shape index (κ2) is 7.13. The van der Waals surface area contributed by atoms with Crippen LogP contribution in [0.2, 0.25) is 0 Å². The van der Waals surface area contributed by atoms with E-state index in [9.17, 15) is 4.79 Å². The van der Waals surface area contributed by atoms with E-state index in [0.29, 0.717) is 5.69 Å². The highest BCUT2D eigenvalue weighted by molar-refractivity contribution is 5.93. The van der Waals surface area contributed by atoms with Crippen molar-refractivity contribution in [2.24, 2.45) is 0 Å². The van der Waals surface area contributed by atoms with Gasteiger partial charge in [-0.3, -0.25) is 4.98 Å². The van der Waals surface area contributed by atoms with Crippen LogP contribution in [-0.2, 0) is 10.3 Å². The molecule has 0 saturated heterocycles. The summed E-state index contributed by atoms with van der Waals surface area (Å²) in [5, 5.41) is 0. The SMILES string of the molecule is Cc1cc(N(C)C)ccc1C1(c2ccc(N(C)C)cc2C)OC(=O)c2nccnc21. The van der Waals surface area contributed by atoms with Crippen LogP contribution < -0.4 is 9.80 Å². The number of nitrogens with zero attached hydrogens (tertiary/aromatic N) is 4. The molecule has 1 aromatic heterocycles. The normalized spacial score (nSPS) is 14.3. The molecule has 0 unspecified atom stereocenters. The van der Waals surface area contributed by atoms with Gasteiger partial charge in [0.05, 0.1) is 0 Å². The van der Waals surface area contributed by atoms with Gasteiger partial charge in [-0.25, -0.2) is 9.78 Å². The van der Waals surface area contributed by atoms with E-state index in [1.54, 1.807) is 6.20 Å². The van der Waals surface area contributed by atoms with Crippen molar-refractivity contribution >= 4 is 17.3 Å². The molecule has 0 saturated carbocycles. The highest BCUT2D eigenvalue weighted by Gasteiger charge is 2.52. The summed E-state index contributed by atoms with van der Waals surface area (Å²) in [5.41, 5.74) is 5.64.